The summed E-state index contributed by atoms with van der Waals surface area (Å²) in [5.41, 5.74) is 4.28. The standard InChI is InChI=1S/C43H35N3O4S/c47-41(34-18-9-3-10-19-34)46-39(28-31-24-26-37(27-25-31)50-30-32-14-5-1-6-15-32)42(48)45-36-22-13-23-38(29-36)51-40(33-16-7-2-8-17-33)43(49)44-35-20-11-4-12-21-35/h1-29,40H,30H2,(H,44,49)(H,45,48)(H,46,47)/b39-28-. The normalized spacial score (nSPS) is 11.6. The van der Waals surface area contributed by atoms with Crippen LogP contribution in [0.5, 0.6) is 5.75 Å². The second-order valence-electron chi connectivity index (χ2n) is 11.5. The lowest BCUT2D eigenvalue weighted by molar-refractivity contribution is -0.116. The number of nitrogens with one attached hydrogen (secondary N) is 3. The van der Waals surface area contributed by atoms with Crippen molar-refractivity contribution < 1.29 is 19.1 Å². The summed E-state index contributed by atoms with van der Waals surface area (Å²) in [4.78, 5) is 41.3. The molecule has 7 nitrogen and oxygen atoms in total. The number of carbonyl (C=O) groups excluding carboxylic acids is 3. The van der Waals surface area contributed by atoms with Gasteiger partial charge in [-0.25, -0.2) is 0 Å². The van der Waals surface area contributed by atoms with Gasteiger partial charge in [0.05, 0.1) is 0 Å². The van der Waals surface area contributed by atoms with Crippen molar-refractivity contribution in [2.45, 2.75) is 16.8 Å². The van der Waals surface area contributed by atoms with Crippen molar-refractivity contribution in [2.75, 3.05) is 10.6 Å². The van der Waals surface area contributed by atoms with Gasteiger partial charge in [0.25, 0.3) is 11.8 Å². The monoisotopic (exact) mass is 689 g/mol. The summed E-state index contributed by atoms with van der Waals surface area (Å²) in [6.45, 7) is 0.429. The Labute approximate surface area is 301 Å². The van der Waals surface area contributed by atoms with Crippen LogP contribution in [-0.2, 0) is 16.2 Å². The lowest BCUT2D eigenvalue weighted by Crippen LogP contribution is -2.30. The molecule has 252 valence electrons. The number of para-hydroxylation sites is 1. The molecule has 3 amide bonds. The lowest BCUT2D eigenvalue weighted by atomic mass is 10.1. The van der Waals surface area contributed by atoms with Gasteiger partial charge in [0.1, 0.15) is 23.3 Å². The predicted octanol–water partition coefficient (Wildman–Crippen LogP) is 9.15. The van der Waals surface area contributed by atoms with E-state index in [1.54, 1.807) is 36.4 Å². The highest BCUT2D eigenvalue weighted by molar-refractivity contribution is 8.00. The third-order valence-electron chi connectivity index (χ3n) is 7.70. The fraction of sp³-hybridized carbons (Fsp3) is 0.0465. The van der Waals surface area contributed by atoms with Crippen molar-refractivity contribution >= 4 is 46.9 Å². The molecule has 0 spiro atoms. The molecule has 0 aliphatic rings. The predicted molar refractivity (Wildman–Crippen MR) is 204 cm³/mol. The minimum Gasteiger partial charge on any atom is -0.489 e. The van der Waals surface area contributed by atoms with E-state index in [0.717, 1.165) is 16.0 Å². The third-order valence-corrected chi connectivity index (χ3v) is 8.94. The SMILES string of the molecule is O=C(Nc1cccc(SC(C(=O)Nc2ccccc2)c2ccccc2)c1)/C(=C/c1ccc(OCc2ccccc2)cc1)NC(=O)c1ccccc1. The molecule has 0 aromatic heterocycles. The molecule has 0 aliphatic carbocycles. The highest BCUT2D eigenvalue weighted by atomic mass is 32.2. The molecule has 0 saturated heterocycles. The van der Waals surface area contributed by atoms with Crippen LogP contribution in [0.3, 0.4) is 0 Å². The molecule has 0 saturated carbocycles. The van der Waals surface area contributed by atoms with Gasteiger partial charge in [0.2, 0.25) is 5.91 Å². The Hall–Kier alpha value is -6.38. The third kappa shape index (κ3) is 10.1. The minimum absolute atomic E-state index is 0.0595. The number of amides is 3. The Morgan fingerprint density at radius 2 is 1.24 bits per heavy atom. The van der Waals surface area contributed by atoms with E-state index in [-0.39, 0.29) is 11.6 Å². The van der Waals surface area contributed by atoms with E-state index < -0.39 is 17.1 Å². The summed E-state index contributed by atoms with van der Waals surface area (Å²) in [5.74, 6) is -0.417. The van der Waals surface area contributed by atoms with Crippen molar-refractivity contribution in [3.63, 3.8) is 0 Å². The molecule has 0 aliphatic heterocycles. The van der Waals surface area contributed by atoms with Crippen LogP contribution >= 0.6 is 11.8 Å². The van der Waals surface area contributed by atoms with Crippen molar-refractivity contribution in [2.24, 2.45) is 0 Å². The number of thioether (sulfide) groups is 1. The topological polar surface area (TPSA) is 96.5 Å². The molecule has 0 heterocycles. The van der Waals surface area contributed by atoms with Crippen molar-refractivity contribution in [3.05, 3.63) is 198 Å². The van der Waals surface area contributed by atoms with Gasteiger partial charge in [-0.2, -0.15) is 0 Å². The highest BCUT2D eigenvalue weighted by Crippen LogP contribution is 2.37. The first-order chi connectivity index (χ1) is 25.0. The van der Waals surface area contributed by atoms with Crippen LogP contribution in [0.1, 0.15) is 32.3 Å². The van der Waals surface area contributed by atoms with Gasteiger partial charge in [-0.05, 0) is 77.4 Å². The Morgan fingerprint density at radius 1 is 0.627 bits per heavy atom. The summed E-state index contributed by atoms with van der Waals surface area (Å²) in [7, 11) is 0. The van der Waals surface area contributed by atoms with E-state index in [0.29, 0.717) is 34.9 Å². The summed E-state index contributed by atoms with van der Waals surface area (Å²) < 4.78 is 5.92. The van der Waals surface area contributed by atoms with Gasteiger partial charge in [0, 0.05) is 21.8 Å². The van der Waals surface area contributed by atoms with E-state index in [4.69, 9.17) is 4.74 Å². The molecule has 1 atom stereocenters. The number of benzene rings is 6. The van der Waals surface area contributed by atoms with E-state index in [2.05, 4.69) is 16.0 Å². The van der Waals surface area contributed by atoms with Gasteiger partial charge in [0.15, 0.2) is 0 Å². The first-order valence-corrected chi connectivity index (χ1v) is 17.2. The second kappa shape index (κ2) is 17.3. The zero-order chi connectivity index (χ0) is 35.3. The maximum Gasteiger partial charge on any atom is 0.272 e. The maximum atomic E-state index is 13.8. The quantitative estimate of drug-likeness (QED) is 0.0831. The second-order valence-corrected chi connectivity index (χ2v) is 12.6. The van der Waals surface area contributed by atoms with Gasteiger partial charge in [-0.1, -0.05) is 115 Å². The van der Waals surface area contributed by atoms with Crippen LogP contribution in [-0.4, -0.2) is 17.7 Å². The largest absolute Gasteiger partial charge is 0.489 e. The molecular formula is C43H35N3O4S. The summed E-state index contributed by atoms with van der Waals surface area (Å²) >= 11 is 1.37. The highest BCUT2D eigenvalue weighted by Gasteiger charge is 2.23. The Bertz CT molecular complexity index is 2090. The fourth-order valence-corrected chi connectivity index (χ4v) is 6.21. The molecule has 0 radical (unpaired) electrons. The number of hydrogen-bond acceptors (Lipinski definition) is 5. The Balaban J connectivity index is 1.20. The summed E-state index contributed by atoms with van der Waals surface area (Å²) in [6.07, 6.45) is 1.62. The number of carbonyl (C=O) groups is 3. The molecule has 51 heavy (non-hydrogen) atoms. The molecule has 8 heteroatoms. The molecule has 3 N–H and O–H groups in total. The smallest absolute Gasteiger partial charge is 0.272 e. The van der Waals surface area contributed by atoms with Crippen LogP contribution in [0.15, 0.2) is 180 Å². The number of ether oxygens (including phenoxy) is 1. The molecule has 0 fully saturated rings. The van der Waals surface area contributed by atoms with Crippen LogP contribution in [0.4, 0.5) is 11.4 Å². The molecular weight excluding hydrogens is 655 g/mol. The summed E-state index contributed by atoms with van der Waals surface area (Å²) in [6, 6.07) is 52.0. The molecule has 0 bridgehead atoms. The average molecular weight is 690 g/mol. The van der Waals surface area contributed by atoms with Gasteiger partial charge in [-0.15, -0.1) is 11.8 Å². The van der Waals surface area contributed by atoms with Gasteiger partial charge < -0.3 is 20.7 Å². The lowest BCUT2D eigenvalue weighted by Gasteiger charge is -2.18. The van der Waals surface area contributed by atoms with Crippen LogP contribution in [0.2, 0.25) is 0 Å². The van der Waals surface area contributed by atoms with E-state index in [1.165, 1.54) is 11.8 Å². The van der Waals surface area contributed by atoms with E-state index in [9.17, 15) is 14.4 Å². The first-order valence-electron chi connectivity index (χ1n) is 16.3. The van der Waals surface area contributed by atoms with Crippen LogP contribution in [0, 0.1) is 0 Å². The zero-order valence-electron chi connectivity index (χ0n) is 27.6. The maximum absolute atomic E-state index is 13.8. The van der Waals surface area contributed by atoms with Crippen molar-refractivity contribution in [3.8, 4) is 5.75 Å². The Morgan fingerprint density at radius 3 is 1.92 bits per heavy atom. The average Bonchev–Trinajstić information content (AvgIpc) is 3.18. The van der Waals surface area contributed by atoms with Gasteiger partial charge in [-0.3, -0.25) is 14.4 Å². The summed E-state index contributed by atoms with van der Waals surface area (Å²) in [5, 5.41) is 8.17. The minimum atomic E-state index is -0.558. The molecule has 6 aromatic rings. The van der Waals surface area contributed by atoms with Gasteiger partial charge >= 0.3 is 0 Å². The van der Waals surface area contributed by atoms with Crippen molar-refractivity contribution in [1.29, 1.82) is 0 Å². The van der Waals surface area contributed by atoms with Crippen LogP contribution in [0.25, 0.3) is 6.08 Å². The molecule has 6 aromatic carbocycles. The first kappa shape index (κ1) is 34.5. The zero-order valence-corrected chi connectivity index (χ0v) is 28.4. The molecule has 6 rings (SSSR count). The number of rotatable bonds is 13. The fourth-order valence-electron chi connectivity index (χ4n) is 5.12. The number of anilines is 2. The van der Waals surface area contributed by atoms with E-state index >= 15 is 0 Å². The van der Waals surface area contributed by atoms with E-state index in [1.807, 2.05) is 140 Å². The van der Waals surface area contributed by atoms with Crippen LogP contribution < -0.4 is 20.7 Å². The number of hydrogen-bond donors (Lipinski definition) is 3. The molecule has 1 unspecified atom stereocenters. The van der Waals surface area contributed by atoms with Crippen molar-refractivity contribution in [1.82, 2.24) is 5.32 Å². The Kier molecular flexibility index (Phi) is 11.7.